The number of nitrogens with one attached hydrogen (secondary N) is 1. The average Bonchev–Trinajstić information content (AvgIpc) is 3.33. The van der Waals surface area contributed by atoms with Crippen molar-refractivity contribution in [2.24, 2.45) is 22.7 Å². The van der Waals surface area contributed by atoms with Crippen molar-refractivity contribution in [2.45, 2.75) is 70.3 Å². The molecule has 8 nitrogen and oxygen atoms in total. The van der Waals surface area contributed by atoms with E-state index in [1.54, 1.807) is 36.4 Å². The topological polar surface area (TPSA) is 137 Å². The summed E-state index contributed by atoms with van der Waals surface area (Å²) in [5.41, 5.74) is 9.00. The van der Waals surface area contributed by atoms with Gasteiger partial charge in [0.15, 0.2) is 0 Å². The third kappa shape index (κ3) is 9.67. The molecule has 0 spiro atoms. The first kappa shape index (κ1) is 44.2. The van der Waals surface area contributed by atoms with Gasteiger partial charge in [-0.15, -0.1) is 0 Å². The molecule has 214 valence electrons. The third-order valence-electron chi connectivity index (χ3n) is 9.22. The molecule has 0 saturated heterocycles. The summed E-state index contributed by atoms with van der Waals surface area (Å²) in [4.78, 5) is 25.6. The first-order valence-corrected chi connectivity index (χ1v) is 13.0. The van der Waals surface area contributed by atoms with Crippen molar-refractivity contribution in [1.82, 2.24) is 0 Å². The molecule has 4 radical (unpaired) electrons. The Kier molecular flexibility index (Phi) is 20.8. The summed E-state index contributed by atoms with van der Waals surface area (Å²) in [7, 11) is 0. The van der Waals surface area contributed by atoms with Gasteiger partial charge in [-0.05, 0) is 55.4 Å². The van der Waals surface area contributed by atoms with Gasteiger partial charge in [0.1, 0.15) is 18.8 Å². The Balaban J connectivity index is 0.00000400. The third-order valence-corrected chi connectivity index (χ3v) is 9.22. The molecule has 0 bridgehead atoms. The van der Waals surface area contributed by atoms with E-state index >= 15 is 0 Å². The molecule has 1 aromatic rings. The van der Waals surface area contributed by atoms with E-state index in [0.29, 0.717) is 24.8 Å². The van der Waals surface area contributed by atoms with E-state index in [9.17, 15) is 24.9 Å². The van der Waals surface area contributed by atoms with Crippen LogP contribution in [-0.2, 0) is 19.1 Å². The minimum absolute atomic E-state index is 0. The summed E-state index contributed by atoms with van der Waals surface area (Å²) >= 11 is 0. The molecule has 1 aliphatic heterocycles. The van der Waals surface area contributed by atoms with Gasteiger partial charge in [-0.1, -0.05) is 67.9 Å². The van der Waals surface area contributed by atoms with Crippen molar-refractivity contribution in [3.63, 3.8) is 0 Å². The normalized spacial score (nSPS) is 30.8. The predicted molar refractivity (Wildman–Crippen MR) is 137 cm³/mol. The summed E-state index contributed by atoms with van der Waals surface area (Å²) in [5.74, 6) is -1.70. The van der Waals surface area contributed by atoms with E-state index in [2.05, 4.69) is 13.5 Å². The zero-order chi connectivity index (χ0) is 27.0. The molecule has 2 saturated carbocycles. The Hall–Kier alpha value is 3.25. The van der Waals surface area contributed by atoms with Gasteiger partial charge >= 0.3 is 11.9 Å². The van der Waals surface area contributed by atoms with E-state index in [1.165, 1.54) is 0 Å². The quantitative estimate of drug-likeness (QED) is 0.267. The first-order valence-electron chi connectivity index (χ1n) is 13.0. The molecular weight excluding hydrogens is 1380 g/mol. The maximum absolute atomic E-state index is 13.0. The number of carbonyl (C=O) groups is 2. The maximum Gasteiger partial charge on any atom is 0.337 e. The number of benzene rings is 1. The van der Waals surface area contributed by atoms with E-state index in [-0.39, 0.29) is 219 Å². The standard InChI is InChI=1S/C29H38NO7.4Ac/c1-17-9-10-22-28(2,13-11-23(32)29(22,3)16-31)20(17)15-21(19-12-14-36-26(19)34)37-27(35)25(33)24(30)18-7-5-4-6-8-18;;;;/h4-8,12,20-25,30-33H,1,9-11,13-16H2,2-3H3;;;;/q-1;;;;/t20-,21?,22?,23?,24?,25?,28+,29-;;;;/m0..../s1. The molecule has 4 N–H and O–H groups in total. The van der Waals surface area contributed by atoms with Crippen molar-refractivity contribution in [3.8, 4) is 0 Å². The summed E-state index contributed by atoms with van der Waals surface area (Å²) in [6.07, 6.45) is 1.23. The van der Waals surface area contributed by atoms with Crippen LogP contribution in [0.3, 0.4) is 0 Å². The summed E-state index contributed by atoms with van der Waals surface area (Å²) in [5, 5.41) is 31.7. The Labute approximate surface area is 386 Å². The van der Waals surface area contributed by atoms with Crippen molar-refractivity contribution < 1.29 is 211 Å². The number of carbonyl (C=O) groups excluding carboxylic acids is 2. The average molecular weight is 1420 g/mol. The fourth-order valence-corrected chi connectivity index (χ4v) is 6.91. The smallest absolute Gasteiger partial charge is 0.337 e. The van der Waals surface area contributed by atoms with Gasteiger partial charge in [0, 0.05) is 182 Å². The second kappa shape index (κ2) is 19.3. The van der Waals surface area contributed by atoms with Gasteiger partial charge in [0.05, 0.1) is 18.3 Å². The van der Waals surface area contributed by atoms with Crippen LogP contribution in [0.1, 0.15) is 57.6 Å². The van der Waals surface area contributed by atoms with Crippen molar-refractivity contribution >= 4 is 11.9 Å². The van der Waals surface area contributed by atoms with Crippen LogP contribution in [0, 0.1) is 199 Å². The number of ether oxygens (including phenoxy) is 2. The van der Waals surface area contributed by atoms with E-state index < -0.39 is 41.7 Å². The number of esters is 2. The number of rotatable bonds is 8. The second-order valence-electron chi connectivity index (χ2n) is 11.3. The van der Waals surface area contributed by atoms with Gasteiger partial charge < -0.3 is 30.5 Å². The monoisotopic (exact) mass is 1420 g/mol. The van der Waals surface area contributed by atoms with Crippen molar-refractivity contribution in [1.29, 1.82) is 0 Å². The molecule has 0 aromatic heterocycles. The zero-order valence-electron chi connectivity index (χ0n) is 23.9. The summed E-state index contributed by atoms with van der Waals surface area (Å²) < 4.78 is 10.9. The number of aliphatic hydroxyl groups is 3. The molecule has 0 amide bonds. The van der Waals surface area contributed by atoms with Gasteiger partial charge in [0.25, 0.3) is 0 Å². The SMILES string of the molecule is C=C1CCC2[C@](C)(CO)C(O)CC[C@]2(C)[C@H]1CC(OC(=O)C(O)C([NH-])c1ccccc1)C1=CCOC1=O.[Ac].[Ac].[Ac].[Ac]. The molecule has 2 fully saturated rings. The van der Waals surface area contributed by atoms with Crippen LogP contribution in [0.5, 0.6) is 0 Å². The Morgan fingerprint density at radius 2 is 1.80 bits per heavy atom. The van der Waals surface area contributed by atoms with Crippen molar-refractivity contribution in [2.75, 3.05) is 13.2 Å². The second-order valence-corrected chi connectivity index (χ2v) is 11.3. The zero-order valence-corrected chi connectivity index (χ0v) is 42.9. The number of aliphatic hydroxyl groups excluding tert-OH is 3. The van der Waals surface area contributed by atoms with Crippen LogP contribution in [0.4, 0.5) is 0 Å². The first-order chi connectivity index (χ1) is 17.5. The van der Waals surface area contributed by atoms with Crippen LogP contribution >= 0.6 is 0 Å². The summed E-state index contributed by atoms with van der Waals surface area (Å²) in [6, 6.07) is 7.31. The fourth-order valence-electron chi connectivity index (χ4n) is 6.91. The predicted octanol–water partition coefficient (Wildman–Crippen LogP) is 3.67. The Morgan fingerprint density at radius 3 is 2.37 bits per heavy atom. The summed E-state index contributed by atoms with van der Waals surface area (Å²) in [6.45, 7) is 8.33. The van der Waals surface area contributed by atoms with Crippen LogP contribution < -0.4 is 0 Å². The Bertz CT molecular complexity index is 1070. The Morgan fingerprint density at radius 1 is 1.17 bits per heavy atom. The number of hydrogen-bond donors (Lipinski definition) is 3. The molecule has 1 heterocycles. The van der Waals surface area contributed by atoms with Gasteiger partial charge in [-0.2, -0.15) is 0 Å². The van der Waals surface area contributed by atoms with Gasteiger partial charge in [-0.3, -0.25) is 0 Å². The van der Waals surface area contributed by atoms with E-state index in [4.69, 9.17) is 15.2 Å². The van der Waals surface area contributed by atoms with Crippen molar-refractivity contribution in [3.05, 3.63) is 65.4 Å². The minimum Gasteiger partial charge on any atom is -0.668 e. The van der Waals surface area contributed by atoms with Gasteiger partial charge in [-0.25, -0.2) is 9.59 Å². The van der Waals surface area contributed by atoms with Crippen LogP contribution in [-0.4, -0.2) is 58.8 Å². The molecule has 1 aromatic carbocycles. The van der Waals surface area contributed by atoms with E-state index in [0.717, 1.165) is 12.0 Å². The number of cyclic esters (lactones) is 1. The molecular formula is C29H38Ac4NO7-. The number of hydrogen-bond acceptors (Lipinski definition) is 7. The van der Waals surface area contributed by atoms with Gasteiger partial charge in [0.2, 0.25) is 0 Å². The fraction of sp³-hybridized carbons (Fsp3) is 0.586. The number of fused-ring (bicyclic) bond motifs is 1. The van der Waals surface area contributed by atoms with Crippen LogP contribution in [0.2, 0.25) is 0 Å². The number of allylic oxidation sites excluding steroid dienone is 1. The van der Waals surface area contributed by atoms with Crippen LogP contribution in [0.25, 0.3) is 5.73 Å². The largest absolute Gasteiger partial charge is 0.668 e. The van der Waals surface area contributed by atoms with Crippen LogP contribution in [0.15, 0.2) is 54.1 Å². The molecule has 4 rings (SSSR count). The molecule has 12 heteroatoms. The molecule has 2 aliphatic carbocycles. The molecule has 5 unspecified atom stereocenters. The maximum atomic E-state index is 13.0. The van der Waals surface area contributed by atoms with E-state index in [1.807, 2.05) is 6.92 Å². The molecule has 8 atom stereocenters. The molecule has 3 aliphatic rings. The molecule has 41 heavy (non-hydrogen) atoms. The minimum atomic E-state index is -1.73.